The fraction of sp³-hybridized carbons (Fsp3) is 0.818. The quantitative estimate of drug-likeness (QED) is 0.706. The van der Waals surface area contributed by atoms with E-state index in [0.717, 1.165) is 18.8 Å². The molecule has 0 spiro atoms. The number of nitrogens with zero attached hydrogens (tertiary/aromatic N) is 3. The molecule has 0 aliphatic rings. The van der Waals surface area contributed by atoms with Crippen LogP contribution in [0.1, 0.15) is 32.4 Å². The van der Waals surface area contributed by atoms with Gasteiger partial charge in [0.05, 0.1) is 6.61 Å². The number of hydrogen-bond donors (Lipinski definition) is 1. The molecule has 1 aromatic heterocycles. The van der Waals surface area contributed by atoms with Gasteiger partial charge in [0.2, 0.25) is 0 Å². The van der Waals surface area contributed by atoms with Crippen molar-refractivity contribution in [3.8, 4) is 0 Å². The van der Waals surface area contributed by atoms with Crippen molar-refractivity contribution in [3.63, 3.8) is 0 Å². The van der Waals surface area contributed by atoms with Gasteiger partial charge in [-0.2, -0.15) is 0 Å². The lowest BCUT2D eigenvalue weighted by Gasteiger charge is -2.11. The maximum Gasteiger partial charge on any atom is 0.158 e. The molecular formula is C11H21N3O2. The molecule has 0 unspecified atom stereocenters. The highest BCUT2D eigenvalue weighted by atomic mass is 16.5. The molecule has 16 heavy (non-hydrogen) atoms. The van der Waals surface area contributed by atoms with Gasteiger partial charge < -0.3 is 14.4 Å². The SMILES string of the molecule is CCOCCc1nnc(CO)n1CC(C)C. The molecule has 0 saturated carbocycles. The van der Waals surface area contributed by atoms with Gasteiger partial charge in [-0.3, -0.25) is 0 Å². The van der Waals surface area contributed by atoms with E-state index in [0.29, 0.717) is 25.0 Å². The molecule has 5 heteroatoms. The van der Waals surface area contributed by atoms with Crippen LogP contribution in [-0.4, -0.2) is 33.1 Å². The minimum absolute atomic E-state index is 0.0612. The number of rotatable bonds is 7. The van der Waals surface area contributed by atoms with E-state index in [1.54, 1.807) is 0 Å². The van der Waals surface area contributed by atoms with E-state index >= 15 is 0 Å². The second-order valence-corrected chi connectivity index (χ2v) is 4.14. The third-order valence-corrected chi connectivity index (χ3v) is 2.27. The summed E-state index contributed by atoms with van der Waals surface area (Å²) in [4.78, 5) is 0. The van der Waals surface area contributed by atoms with Crippen LogP contribution in [0.4, 0.5) is 0 Å². The van der Waals surface area contributed by atoms with Gasteiger partial charge in [-0.1, -0.05) is 13.8 Å². The summed E-state index contributed by atoms with van der Waals surface area (Å²) in [5.41, 5.74) is 0. The Morgan fingerprint density at radius 3 is 2.56 bits per heavy atom. The summed E-state index contributed by atoms with van der Waals surface area (Å²) in [5, 5.41) is 17.2. The molecule has 0 aromatic carbocycles. The normalized spacial score (nSPS) is 11.3. The molecule has 1 aromatic rings. The molecule has 1 rings (SSSR count). The highest BCUT2D eigenvalue weighted by molar-refractivity contribution is 4.95. The van der Waals surface area contributed by atoms with Crippen LogP contribution in [0.5, 0.6) is 0 Å². The molecule has 0 amide bonds. The molecule has 0 aliphatic carbocycles. The average Bonchev–Trinajstić information content (AvgIpc) is 2.61. The first-order valence-corrected chi connectivity index (χ1v) is 5.78. The molecule has 92 valence electrons. The summed E-state index contributed by atoms with van der Waals surface area (Å²) in [6.45, 7) is 8.38. The van der Waals surface area contributed by atoms with E-state index in [1.807, 2.05) is 11.5 Å². The molecule has 0 radical (unpaired) electrons. The zero-order valence-corrected chi connectivity index (χ0v) is 10.3. The molecule has 1 N–H and O–H groups in total. The standard InChI is InChI=1S/C11H21N3O2/c1-4-16-6-5-10-12-13-11(8-15)14(10)7-9(2)3/h9,15H,4-8H2,1-3H3. The zero-order valence-electron chi connectivity index (χ0n) is 10.3. The second kappa shape index (κ2) is 6.60. The molecule has 0 saturated heterocycles. The maximum atomic E-state index is 9.16. The topological polar surface area (TPSA) is 60.2 Å². The Morgan fingerprint density at radius 2 is 2.00 bits per heavy atom. The summed E-state index contributed by atoms with van der Waals surface area (Å²) in [6.07, 6.45) is 0.744. The minimum Gasteiger partial charge on any atom is -0.388 e. The van der Waals surface area contributed by atoms with Gasteiger partial charge in [-0.05, 0) is 12.8 Å². The van der Waals surface area contributed by atoms with Crippen LogP contribution in [0, 0.1) is 5.92 Å². The Morgan fingerprint density at radius 1 is 1.31 bits per heavy atom. The van der Waals surface area contributed by atoms with Crippen LogP contribution in [0.3, 0.4) is 0 Å². The van der Waals surface area contributed by atoms with Gasteiger partial charge in [-0.15, -0.1) is 10.2 Å². The van der Waals surface area contributed by atoms with Gasteiger partial charge >= 0.3 is 0 Å². The Hall–Kier alpha value is -0.940. The summed E-state index contributed by atoms with van der Waals surface area (Å²) in [5.74, 6) is 2.04. The van der Waals surface area contributed by atoms with E-state index in [2.05, 4.69) is 24.0 Å². The first-order valence-electron chi connectivity index (χ1n) is 5.78. The van der Waals surface area contributed by atoms with E-state index in [4.69, 9.17) is 9.84 Å². The van der Waals surface area contributed by atoms with Crippen molar-refractivity contribution in [3.05, 3.63) is 11.6 Å². The maximum absolute atomic E-state index is 9.16. The fourth-order valence-electron chi connectivity index (χ4n) is 1.56. The minimum atomic E-state index is -0.0612. The van der Waals surface area contributed by atoms with E-state index in [9.17, 15) is 0 Å². The van der Waals surface area contributed by atoms with Crippen molar-refractivity contribution < 1.29 is 9.84 Å². The molecule has 1 heterocycles. The Labute approximate surface area is 96.5 Å². The van der Waals surface area contributed by atoms with E-state index < -0.39 is 0 Å². The van der Waals surface area contributed by atoms with Crippen molar-refractivity contribution in [1.82, 2.24) is 14.8 Å². The largest absolute Gasteiger partial charge is 0.388 e. The monoisotopic (exact) mass is 227 g/mol. The highest BCUT2D eigenvalue weighted by Crippen LogP contribution is 2.08. The predicted octanol–water partition coefficient (Wildman–Crippen LogP) is 1.01. The summed E-state index contributed by atoms with van der Waals surface area (Å²) < 4.78 is 7.29. The molecule has 0 bridgehead atoms. The van der Waals surface area contributed by atoms with Crippen LogP contribution < -0.4 is 0 Å². The average molecular weight is 227 g/mol. The predicted molar refractivity (Wildman–Crippen MR) is 61.0 cm³/mol. The summed E-state index contributed by atoms with van der Waals surface area (Å²) in [7, 11) is 0. The third kappa shape index (κ3) is 3.57. The van der Waals surface area contributed by atoms with Crippen molar-refractivity contribution in [2.45, 2.75) is 40.3 Å². The Kier molecular flexibility index (Phi) is 5.42. The van der Waals surface area contributed by atoms with Gasteiger partial charge in [0, 0.05) is 19.6 Å². The number of aliphatic hydroxyl groups excluding tert-OH is 1. The van der Waals surface area contributed by atoms with E-state index in [1.165, 1.54) is 0 Å². The number of ether oxygens (including phenoxy) is 1. The second-order valence-electron chi connectivity index (χ2n) is 4.14. The molecular weight excluding hydrogens is 206 g/mol. The van der Waals surface area contributed by atoms with Gasteiger partial charge in [-0.25, -0.2) is 0 Å². The zero-order chi connectivity index (χ0) is 12.0. The van der Waals surface area contributed by atoms with Crippen LogP contribution in [0.25, 0.3) is 0 Å². The molecule has 5 nitrogen and oxygen atoms in total. The first-order chi connectivity index (χ1) is 7.69. The lowest BCUT2D eigenvalue weighted by molar-refractivity contribution is 0.148. The van der Waals surface area contributed by atoms with Crippen LogP contribution in [0.2, 0.25) is 0 Å². The lowest BCUT2D eigenvalue weighted by atomic mass is 10.2. The van der Waals surface area contributed by atoms with Crippen molar-refractivity contribution >= 4 is 0 Å². The Bertz CT molecular complexity index is 310. The van der Waals surface area contributed by atoms with Gasteiger partial charge in [0.25, 0.3) is 0 Å². The fourth-order valence-corrected chi connectivity index (χ4v) is 1.56. The number of aliphatic hydroxyl groups is 1. The van der Waals surface area contributed by atoms with Crippen LogP contribution >= 0.6 is 0 Å². The molecule has 0 atom stereocenters. The van der Waals surface area contributed by atoms with Gasteiger partial charge in [0.15, 0.2) is 5.82 Å². The summed E-state index contributed by atoms with van der Waals surface area (Å²) >= 11 is 0. The highest BCUT2D eigenvalue weighted by Gasteiger charge is 2.11. The van der Waals surface area contributed by atoms with Gasteiger partial charge in [0.1, 0.15) is 12.4 Å². The van der Waals surface area contributed by atoms with Crippen molar-refractivity contribution in [2.75, 3.05) is 13.2 Å². The summed E-state index contributed by atoms with van der Waals surface area (Å²) in [6, 6.07) is 0. The first kappa shape index (κ1) is 13.1. The number of hydrogen-bond acceptors (Lipinski definition) is 4. The van der Waals surface area contributed by atoms with E-state index in [-0.39, 0.29) is 6.61 Å². The van der Waals surface area contributed by atoms with Crippen LogP contribution in [-0.2, 0) is 24.3 Å². The molecule has 0 fully saturated rings. The number of aromatic nitrogens is 3. The molecule has 0 aliphatic heterocycles. The smallest absolute Gasteiger partial charge is 0.158 e. The van der Waals surface area contributed by atoms with Crippen LogP contribution in [0.15, 0.2) is 0 Å². The van der Waals surface area contributed by atoms with Crippen molar-refractivity contribution in [1.29, 1.82) is 0 Å². The lowest BCUT2D eigenvalue weighted by Crippen LogP contribution is -2.13. The Balaban J connectivity index is 2.70. The third-order valence-electron chi connectivity index (χ3n) is 2.27. The van der Waals surface area contributed by atoms with Crippen molar-refractivity contribution in [2.24, 2.45) is 5.92 Å².